The van der Waals surface area contributed by atoms with Crippen molar-refractivity contribution in [3.8, 4) is 6.07 Å². The molecule has 2 bridgehead atoms. The molecule has 0 aromatic carbocycles. The van der Waals surface area contributed by atoms with Crippen LogP contribution >= 0.6 is 0 Å². The van der Waals surface area contributed by atoms with Gasteiger partial charge in [0.2, 0.25) is 0 Å². The van der Waals surface area contributed by atoms with Crippen molar-refractivity contribution in [2.75, 3.05) is 0 Å². The predicted molar refractivity (Wildman–Crippen MR) is 77.1 cm³/mol. The van der Waals surface area contributed by atoms with Gasteiger partial charge in [0.25, 0.3) is 0 Å². The summed E-state index contributed by atoms with van der Waals surface area (Å²) in [6, 6.07) is 2.54. The second-order valence-electron chi connectivity index (χ2n) is 6.39. The monoisotopic (exact) mass is 257 g/mol. The van der Waals surface area contributed by atoms with E-state index in [1.54, 1.807) is 0 Å². The van der Waals surface area contributed by atoms with E-state index in [1.807, 2.05) is 6.92 Å². The molecule has 2 aliphatic rings. The molecule has 19 heavy (non-hydrogen) atoms. The van der Waals surface area contributed by atoms with E-state index in [0.717, 1.165) is 18.4 Å². The van der Waals surface area contributed by atoms with E-state index in [2.05, 4.69) is 39.7 Å². The summed E-state index contributed by atoms with van der Waals surface area (Å²) in [5.41, 5.74) is 1.66. The topological polar surface area (TPSA) is 33.0 Å². The molecule has 0 spiro atoms. The number of allylic oxidation sites excluding steroid dienone is 2. The molecule has 0 aromatic rings. The SMILES string of the molecule is C=C(C)C(=C)OC1C(C)C2CC1(C#N)CC2C(=C)C. The highest BCUT2D eigenvalue weighted by molar-refractivity contribution is 5.25. The maximum absolute atomic E-state index is 9.67. The van der Waals surface area contributed by atoms with Crippen molar-refractivity contribution >= 4 is 0 Å². The van der Waals surface area contributed by atoms with Gasteiger partial charge in [-0.25, -0.2) is 0 Å². The quantitative estimate of drug-likeness (QED) is 0.429. The predicted octanol–water partition coefficient (Wildman–Crippen LogP) is 4.22. The van der Waals surface area contributed by atoms with Crippen molar-refractivity contribution in [1.82, 2.24) is 0 Å². The van der Waals surface area contributed by atoms with Crippen LogP contribution in [0.1, 0.15) is 33.6 Å². The summed E-state index contributed by atoms with van der Waals surface area (Å²) >= 11 is 0. The van der Waals surface area contributed by atoms with Crippen molar-refractivity contribution in [2.24, 2.45) is 23.2 Å². The number of ether oxygens (including phenoxy) is 1. The van der Waals surface area contributed by atoms with E-state index in [-0.39, 0.29) is 11.5 Å². The summed E-state index contributed by atoms with van der Waals surface area (Å²) in [5.74, 6) is 1.96. The zero-order valence-corrected chi connectivity index (χ0v) is 12.2. The van der Waals surface area contributed by atoms with Crippen LogP contribution in [0.3, 0.4) is 0 Å². The number of fused-ring (bicyclic) bond motifs is 2. The molecule has 102 valence electrons. The van der Waals surface area contributed by atoms with E-state index in [1.165, 1.54) is 5.57 Å². The third-order valence-electron chi connectivity index (χ3n) is 5.00. The van der Waals surface area contributed by atoms with Gasteiger partial charge >= 0.3 is 0 Å². The third kappa shape index (κ3) is 2.02. The van der Waals surface area contributed by atoms with E-state index < -0.39 is 0 Å². The minimum atomic E-state index is -0.369. The Morgan fingerprint density at radius 1 is 1.26 bits per heavy atom. The van der Waals surface area contributed by atoms with Crippen molar-refractivity contribution < 1.29 is 4.74 Å². The van der Waals surface area contributed by atoms with Crippen molar-refractivity contribution in [3.05, 3.63) is 36.6 Å². The van der Waals surface area contributed by atoms with Gasteiger partial charge in [0.1, 0.15) is 11.9 Å². The molecule has 0 aliphatic heterocycles. The molecule has 2 nitrogen and oxygen atoms in total. The van der Waals surface area contributed by atoms with E-state index in [4.69, 9.17) is 4.74 Å². The molecule has 2 heteroatoms. The van der Waals surface area contributed by atoms with Crippen LogP contribution in [0.4, 0.5) is 0 Å². The van der Waals surface area contributed by atoms with Crippen LogP contribution in [-0.4, -0.2) is 6.10 Å². The van der Waals surface area contributed by atoms with Gasteiger partial charge in [0.05, 0.1) is 11.5 Å². The summed E-state index contributed by atoms with van der Waals surface area (Å²) in [6.07, 6.45) is 1.75. The highest BCUT2D eigenvalue weighted by Crippen LogP contribution is 2.62. The van der Waals surface area contributed by atoms with Crippen molar-refractivity contribution in [1.29, 1.82) is 5.26 Å². The first-order valence-electron chi connectivity index (χ1n) is 6.90. The first-order chi connectivity index (χ1) is 8.82. The van der Waals surface area contributed by atoms with Crippen molar-refractivity contribution in [3.63, 3.8) is 0 Å². The molecule has 0 radical (unpaired) electrons. The van der Waals surface area contributed by atoms with Crippen LogP contribution in [0.2, 0.25) is 0 Å². The second kappa shape index (κ2) is 4.56. The van der Waals surface area contributed by atoms with Crippen LogP contribution < -0.4 is 0 Å². The molecule has 5 unspecified atom stereocenters. The Bertz CT molecular complexity index is 484. The fraction of sp³-hybridized carbons (Fsp3) is 0.588. The largest absolute Gasteiger partial charge is 0.489 e. The summed E-state index contributed by atoms with van der Waals surface area (Å²) in [5, 5.41) is 9.67. The van der Waals surface area contributed by atoms with Crippen LogP contribution in [0, 0.1) is 34.5 Å². The Balaban J connectivity index is 2.25. The number of hydrogen-bond acceptors (Lipinski definition) is 2. The molecule has 0 N–H and O–H groups in total. The molecule has 0 amide bonds. The highest BCUT2D eigenvalue weighted by atomic mass is 16.5. The smallest absolute Gasteiger partial charge is 0.120 e. The van der Waals surface area contributed by atoms with Crippen molar-refractivity contribution in [2.45, 2.75) is 39.7 Å². The molecule has 2 rings (SSSR count). The lowest BCUT2D eigenvalue weighted by molar-refractivity contribution is -0.00180. The maximum Gasteiger partial charge on any atom is 0.120 e. The molecule has 2 aliphatic carbocycles. The molecule has 0 heterocycles. The van der Waals surface area contributed by atoms with Crippen LogP contribution in [0.5, 0.6) is 0 Å². The zero-order valence-electron chi connectivity index (χ0n) is 12.2. The fourth-order valence-corrected chi connectivity index (χ4v) is 3.87. The summed E-state index contributed by atoms with van der Waals surface area (Å²) in [6.45, 7) is 18.0. The number of nitriles is 1. The van der Waals surface area contributed by atoms with Crippen LogP contribution in [-0.2, 0) is 4.74 Å². The lowest BCUT2D eigenvalue weighted by atomic mass is 9.72. The molecule has 5 atom stereocenters. The zero-order chi connectivity index (χ0) is 14.4. The van der Waals surface area contributed by atoms with E-state index >= 15 is 0 Å². The number of hydrogen-bond donors (Lipinski definition) is 0. The molecular weight excluding hydrogens is 234 g/mol. The van der Waals surface area contributed by atoms with Gasteiger partial charge in [-0.1, -0.05) is 32.2 Å². The number of rotatable bonds is 4. The third-order valence-corrected chi connectivity index (χ3v) is 5.00. The van der Waals surface area contributed by atoms with Gasteiger partial charge < -0.3 is 4.74 Å². The minimum absolute atomic E-state index is 0.0534. The Hall–Kier alpha value is -1.49. The Labute approximate surface area is 116 Å². The maximum atomic E-state index is 9.67. The highest BCUT2D eigenvalue weighted by Gasteiger charge is 2.62. The first-order valence-corrected chi connectivity index (χ1v) is 6.90. The van der Waals surface area contributed by atoms with Gasteiger partial charge in [-0.15, -0.1) is 0 Å². The summed E-state index contributed by atoms with van der Waals surface area (Å²) < 4.78 is 6.00. The molecule has 0 aromatic heterocycles. The Morgan fingerprint density at radius 3 is 2.37 bits per heavy atom. The van der Waals surface area contributed by atoms with Gasteiger partial charge in [-0.05, 0) is 50.0 Å². The Morgan fingerprint density at radius 2 is 1.89 bits per heavy atom. The van der Waals surface area contributed by atoms with Crippen LogP contribution in [0.15, 0.2) is 36.6 Å². The molecular formula is C17H23NO. The van der Waals surface area contributed by atoms with Gasteiger partial charge in [0, 0.05) is 0 Å². The van der Waals surface area contributed by atoms with Gasteiger partial charge in [-0.3, -0.25) is 0 Å². The van der Waals surface area contributed by atoms with Gasteiger partial charge in [-0.2, -0.15) is 5.26 Å². The lowest BCUT2D eigenvalue weighted by Gasteiger charge is -2.38. The Kier molecular flexibility index (Phi) is 3.34. The lowest BCUT2D eigenvalue weighted by Crippen LogP contribution is -2.39. The fourth-order valence-electron chi connectivity index (χ4n) is 3.87. The molecule has 2 saturated carbocycles. The average Bonchev–Trinajstić information content (AvgIpc) is 2.85. The number of nitrogens with zero attached hydrogens (tertiary/aromatic N) is 1. The molecule has 2 fully saturated rings. The van der Waals surface area contributed by atoms with E-state index in [0.29, 0.717) is 23.5 Å². The van der Waals surface area contributed by atoms with Crippen LogP contribution in [0.25, 0.3) is 0 Å². The first kappa shape index (κ1) is 13.9. The average molecular weight is 257 g/mol. The minimum Gasteiger partial charge on any atom is -0.489 e. The summed E-state index contributed by atoms with van der Waals surface area (Å²) in [7, 11) is 0. The molecule has 0 saturated heterocycles. The van der Waals surface area contributed by atoms with Gasteiger partial charge in [0.15, 0.2) is 0 Å². The standard InChI is InChI=1S/C17H23NO/c1-10(2)13(6)19-16-12(5)15-8-17(16,9-18)7-14(15)11(3)4/h12,14-16H,1,3,6-8H2,2,4-5H3. The normalized spacial score (nSPS) is 39.7. The summed E-state index contributed by atoms with van der Waals surface area (Å²) in [4.78, 5) is 0. The van der Waals surface area contributed by atoms with E-state index in [9.17, 15) is 5.26 Å². The second-order valence-corrected chi connectivity index (χ2v) is 6.39.